The molecule has 0 fully saturated rings. The average molecular weight is 159 g/mol. The van der Waals surface area contributed by atoms with Crippen molar-refractivity contribution < 1.29 is 14.3 Å². The van der Waals surface area contributed by atoms with Gasteiger partial charge in [0, 0.05) is 12.0 Å². The standard InChI is InChI=1S/C5H9N3O3/c1-10-3-4(7-8-6)5(9)11-2/h4H,3H2,1-2H3. The van der Waals surface area contributed by atoms with Crippen molar-refractivity contribution >= 4 is 5.97 Å². The van der Waals surface area contributed by atoms with Crippen molar-refractivity contribution in [1.29, 1.82) is 0 Å². The van der Waals surface area contributed by atoms with Gasteiger partial charge in [-0.15, -0.1) is 0 Å². The van der Waals surface area contributed by atoms with E-state index < -0.39 is 12.0 Å². The SMILES string of the molecule is COCC(N=[N+]=[N-])C(=O)OC. The molecule has 0 N–H and O–H groups in total. The van der Waals surface area contributed by atoms with E-state index in [2.05, 4.69) is 19.5 Å². The first-order chi connectivity index (χ1) is 5.26. The molecule has 0 heterocycles. The van der Waals surface area contributed by atoms with E-state index >= 15 is 0 Å². The Morgan fingerprint density at radius 1 is 1.73 bits per heavy atom. The zero-order valence-electron chi connectivity index (χ0n) is 6.35. The Kier molecular flexibility index (Phi) is 4.89. The summed E-state index contributed by atoms with van der Waals surface area (Å²) in [6, 6.07) is -0.880. The fourth-order valence-electron chi connectivity index (χ4n) is 0.505. The van der Waals surface area contributed by atoms with Gasteiger partial charge in [0.15, 0.2) is 6.04 Å². The summed E-state index contributed by atoms with van der Waals surface area (Å²) in [7, 11) is 2.63. The molecule has 0 saturated carbocycles. The lowest BCUT2D eigenvalue weighted by Gasteiger charge is -2.05. The van der Waals surface area contributed by atoms with Gasteiger partial charge >= 0.3 is 5.97 Å². The minimum absolute atomic E-state index is 0.0384. The van der Waals surface area contributed by atoms with Crippen LogP contribution in [0.15, 0.2) is 5.11 Å². The number of azide groups is 1. The zero-order valence-corrected chi connectivity index (χ0v) is 6.35. The summed E-state index contributed by atoms with van der Waals surface area (Å²) in [5.41, 5.74) is 8.00. The maximum Gasteiger partial charge on any atom is 0.317 e. The molecule has 0 aliphatic carbocycles. The van der Waals surface area contributed by atoms with Crippen LogP contribution in [-0.2, 0) is 14.3 Å². The van der Waals surface area contributed by atoms with E-state index in [9.17, 15) is 4.79 Å². The minimum Gasteiger partial charge on any atom is -0.469 e. The minimum atomic E-state index is -0.880. The Morgan fingerprint density at radius 3 is 2.73 bits per heavy atom. The van der Waals surface area contributed by atoms with E-state index in [4.69, 9.17) is 5.53 Å². The molecule has 62 valence electrons. The van der Waals surface area contributed by atoms with Gasteiger partial charge in [0.25, 0.3) is 0 Å². The van der Waals surface area contributed by atoms with Crippen molar-refractivity contribution in [3.8, 4) is 0 Å². The molecule has 0 aliphatic heterocycles. The lowest BCUT2D eigenvalue weighted by Crippen LogP contribution is -2.24. The van der Waals surface area contributed by atoms with Gasteiger partial charge < -0.3 is 9.47 Å². The van der Waals surface area contributed by atoms with E-state index in [1.165, 1.54) is 14.2 Å². The highest BCUT2D eigenvalue weighted by molar-refractivity contribution is 5.75. The number of nitrogens with zero attached hydrogens (tertiary/aromatic N) is 3. The van der Waals surface area contributed by atoms with Crippen LogP contribution in [0, 0.1) is 0 Å². The van der Waals surface area contributed by atoms with Crippen molar-refractivity contribution in [3.63, 3.8) is 0 Å². The molecular weight excluding hydrogens is 150 g/mol. The van der Waals surface area contributed by atoms with Crippen LogP contribution in [0.3, 0.4) is 0 Å². The summed E-state index contributed by atoms with van der Waals surface area (Å²) >= 11 is 0. The Morgan fingerprint density at radius 2 is 2.36 bits per heavy atom. The molecule has 0 saturated heterocycles. The normalized spacial score (nSPS) is 11.5. The summed E-state index contributed by atoms with van der Waals surface area (Å²) in [5.74, 6) is -0.593. The van der Waals surface area contributed by atoms with Crippen molar-refractivity contribution in [3.05, 3.63) is 10.4 Å². The first kappa shape index (κ1) is 9.74. The fourth-order valence-corrected chi connectivity index (χ4v) is 0.505. The molecular formula is C5H9N3O3. The van der Waals surface area contributed by atoms with Gasteiger partial charge in [0.2, 0.25) is 0 Å². The summed E-state index contributed by atoms with van der Waals surface area (Å²) in [6.07, 6.45) is 0. The van der Waals surface area contributed by atoms with E-state index in [0.717, 1.165) is 0 Å². The van der Waals surface area contributed by atoms with Crippen LogP contribution in [0.4, 0.5) is 0 Å². The lowest BCUT2D eigenvalue weighted by molar-refractivity contribution is -0.143. The Hall–Kier alpha value is -1.26. The van der Waals surface area contributed by atoms with Gasteiger partial charge in [-0.1, -0.05) is 5.11 Å². The lowest BCUT2D eigenvalue weighted by atomic mass is 10.3. The molecule has 0 amide bonds. The van der Waals surface area contributed by atoms with Crippen LogP contribution in [0.1, 0.15) is 0 Å². The molecule has 0 rings (SSSR count). The molecule has 1 atom stereocenters. The maximum atomic E-state index is 10.7. The van der Waals surface area contributed by atoms with Gasteiger partial charge in [-0.05, 0) is 5.53 Å². The van der Waals surface area contributed by atoms with Crippen LogP contribution >= 0.6 is 0 Å². The summed E-state index contributed by atoms with van der Waals surface area (Å²) < 4.78 is 8.95. The van der Waals surface area contributed by atoms with Crippen molar-refractivity contribution in [1.82, 2.24) is 0 Å². The number of carbonyl (C=O) groups is 1. The predicted molar refractivity (Wildman–Crippen MR) is 36.8 cm³/mol. The van der Waals surface area contributed by atoms with Gasteiger partial charge in [-0.3, -0.25) is 4.79 Å². The van der Waals surface area contributed by atoms with Gasteiger partial charge in [-0.25, -0.2) is 0 Å². The topological polar surface area (TPSA) is 84.3 Å². The molecule has 0 spiro atoms. The quantitative estimate of drug-likeness (QED) is 0.259. The number of hydrogen-bond donors (Lipinski definition) is 0. The summed E-state index contributed by atoms with van der Waals surface area (Å²) in [6.45, 7) is 0.0384. The first-order valence-corrected chi connectivity index (χ1v) is 2.87. The second-order valence-corrected chi connectivity index (χ2v) is 1.70. The molecule has 6 nitrogen and oxygen atoms in total. The van der Waals surface area contributed by atoms with Gasteiger partial charge in [0.1, 0.15) is 0 Å². The van der Waals surface area contributed by atoms with Crippen molar-refractivity contribution in [2.24, 2.45) is 5.11 Å². The summed E-state index contributed by atoms with van der Waals surface area (Å²) in [5, 5.41) is 3.17. The molecule has 0 aromatic rings. The number of hydrogen-bond acceptors (Lipinski definition) is 4. The van der Waals surface area contributed by atoms with Crippen molar-refractivity contribution in [2.75, 3.05) is 20.8 Å². The van der Waals surface area contributed by atoms with Gasteiger partial charge in [0.05, 0.1) is 13.7 Å². The number of esters is 1. The molecule has 0 aromatic carbocycles. The van der Waals surface area contributed by atoms with E-state index in [-0.39, 0.29) is 6.61 Å². The number of rotatable bonds is 4. The zero-order chi connectivity index (χ0) is 8.69. The van der Waals surface area contributed by atoms with Crippen LogP contribution in [0.5, 0.6) is 0 Å². The van der Waals surface area contributed by atoms with E-state index in [1.807, 2.05) is 0 Å². The van der Waals surface area contributed by atoms with Crippen molar-refractivity contribution in [2.45, 2.75) is 6.04 Å². The highest BCUT2D eigenvalue weighted by atomic mass is 16.5. The maximum absolute atomic E-state index is 10.7. The molecule has 6 heteroatoms. The highest BCUT2D eigenvalue weighted by Gasteiger charge is 2.16. The largest absolute Gasteiger partial charge is 0.469 e. The molecule has 0 aliphatic rings. The van der Waals surface area contributed by atoms with Crippen LogP contribution in [0.25, 0.3) is 10.4 Å². The molecule has 0 bridgehead atoms. The number of methoxy groups -OCH3 is 2. The van der Waals surface area contributed by atoms with Crippen LogP contribution in [-0.4, -0.2) is 32.8 Å². The summed E-state index contributed by atoms with van der Waals surface area (Å²) in [4.78, 5) is 13.2. The third kappa shape index (κ3) is 3.44. The molecule has 11 heavy (non-hydrogen) atoms. The third-order valence-corrected chi connectivity index (χ3v) is 0.989. The third-order valence-electron chi connectivity index (χ3n) is 0.989. The Balaban J connectivity index is 4.08. The Labute approximate surface area is 63.7 Å². The smallest absolute Gasteiger partial charge is 0.317 e. The van der Waals surface area contributed by atoms with E-state index in [1.54, 1.807) is 0 Å². The molecule has 1 unspecified atom stereocenters. The molecule has 0 aromatic heterocycles. The number of carbonyl (C=O) groups excluding carboxylic acids is 1. The van der Waals surface area contributed by atoms with Crippen LogP contribution in [0.2, 0.25) is 0 Å². The highest BCUT2D eigenvalue weighted by Crippen LogP contribution is 1.94. The number of ether oxygens (including phenoxy) is 2. The van der Waals surface area contributed by atoms with Gasteiger partial charge in [-0.2, -0.15) is 0 Å². The fraction of sp³-hybridized carbons (Fsp3) is 0.800. The monoisotopic (exact) mass is 159 g/mol. The average Bonchev–Trinajstić information content (AvgIpc) is 2.03. The second kappa shape index (κ2) is 5.52. The second-order valence-electron chi connectivity index (χ2n) is 1.70. The predicted octanol–water partition coefficient (Wildman–Crippen LogP) is 0.485. The van der Waals surface area contributed by atoms with E-state index in [0.29, 0.717) is 0 Å². The van der Waals surface area contributed by atoms with Crippen LogP contribution < -0.4 is 0 Å². The first-order valence-electron chi connectivity index (χ1n) is 2.87. The Bertz CT molecular complexity index is 176. The molecule has 0 radical (unpaired) electrons.